The van der Waals surface area contributed by atoms with E-state index in [2.05, 4.69) is 0 Å². The van der Waals surface area contributed by atoms with Crippen LogP contribution < -0.4 is 5.73 Å². The fraction of sp³-hybridized carbons (Fsp3) is 0.889. The molecule has 2 fully saturated rings. The molecule has 2 rings (SSSR count). The number of ether oxygens (including phenoxy) is 2. The molecule has 1 saturated carbocycles. The van der Waals surface area contributed by atoms with Gasteiger partial charge in [-0.25, -0.2) is 4.79 Å². The van der Waals surface area contributed by atoms with Gasteiger partial charge in [-0.1, -0.05) is 0 Å². The second kappa shape index (κ2) is 3.64. The Morgan fingerprint density at radius 2 is 2.31 bits per heavy atom. The lowest BCUT2D eigenvalue weighted by Gasteiger charge is -2.35. The van der Waals surface area contributed by atoms with E-state index in [4.69, 9.17) is 15.2 Å². The summed E-state index contributed by atoms with van der Waals surface area (Å²) >= 11 is 0. The minimum absolute atomic E-state index is 0.198. The molecule has 4 nitrogen and oxygen atoms in total. The van der Waals surface area contributed by atoms with Crippen LogP contribution in [0.3, 0.4) is 0 Å². The molecule has 0 amide bonds. The Morgan fingerprint density at radius 3 is 2.85 bits per heavy atom. The molecule has 2 N–H and O–H groups in total. The number of carbonyl (C=O) groups is 1. The van der Waals surface area contributed by atoms with Crippen LogP contribution in [0.5, 0.6) is 0 Å². The molecule has 0 aromatic rings. The van der Waals surface area contributed by atoms with E-state index in [1.807, 2.05) is 0 Å². The van der Waals surface area contributed by atoms with Crippen molar-refractivity contribution in [1.29, 1.82) is 0 Å². The summed E-state index contributed by atoms with van der Waals surface area (Å²) in [7, 11) is 0. The monoisotopic (exact) mass is 185 g/mol. The highest BCUT2D eigenvalue weighted by molar-refractivity contribution is 5.76. The van der Waals surface area contributed by atoms with Gasteiger partial charge in [-0.05, 0) is 25.3 Å². The number of carbonyl (C=O) groups excluding carboxylic acids is 1. The molecule has 1 saturated heterocycles. The molecular formula is C9H15NO3. The van der Waals surface area contributed by atoms with E-state index < -0.39 is 0 Å². The van der Waals surface area contributed by atoms with Crippen LogP contribution in [-0.4, -0.2) is 31.3 Å². The summed E-state index contributed by atoms with van der Waals surface area (Å²) in [4.78, 5) is 11.0. The second-order valence-corrected chi connectivity index (χ2v) is 3.78. The van der Waals surface area contributed by atoms with E-state index in [0.717, 1.165) is 19.4 Å². The minimum atomic E-state index is -0.302. The van der Waals surface area contributed by atoms with Crippen LogP contribution in [-0.2, 0) is 14.3 Å². The number of hydrogen-bond donors (Lipinski definition) is 1. The summed E-state index contributed by atoms with van der Waals surface area (Å²) in [6, 6.07) is 0. The number of esters is 1. The van der Waals surface area contributed by atoms with Crippen molar-refractivity contribution in [3.63, 3.8) is 0 Å². The average molecular weight is 185 g/mol. The SMILES string of the molecule is NCC1CC(OC2CCOC2=O)C1. The first-order chi connectivity index (χ1) is 6.29. The molecule has 0 bridgehead atoms. The van der Waals surface area contributed by atoms with Gasteiger partial charge in [0.05, 0.1) is 12.7 Å². The lowest BCUT2D eigenvalue weighted by molar-refractivity contribution is -0.154. The molecule has 0 aromatic heterocycles. The molecule has 2 aliphatic rings. The van der Waals surface area contributed by atoms with E-state index in [9.17, 15) is 4.79 Å². The highest BCUT2D eigenvalue weighted by Crippen LogP contribution is 2.31. The normalized spacial score (nSPS) is 38.5. The second-order valence-electron chi connectivity index (χ2n) is 3.78. The molecule has 1 heterocycles. The van der Waals surface area contributed by atoms with Crippen LogP contribution in [0.25, 0.3) is 0 Å². The first kappa shape index (κ1) is 8.97. The Hall–Kier alpha value is -0.610. The average Bonchev–Trinajstić information content (AvgIpc) is 2.43. The minimum Gasteiger partial charge on any atom is -0.464 e. The van der Waals surface area contributed by atoms with Gasteiger partial charge < -0.3 is 15.2 Å². The van der Waals surface area contributed by atoms with Crippen LogP contribution in [0, 0.1) is 5.92 Å². The van der Waals surface area contributed by atoms with Crippen molar-refractivity contribution in [3.05, 3.63) is 0 Å². The van der Waals surface area contributed by atoms with Crippen LogP contribution in [0.2, 0.25) is 0 Å². The summed E-state index contributed by atoms with van der Waals surface area (Å²) in [5.74, 6) is 0.402. The van der Waals surface area contributed by atoms with E-state index in [0.29, 0.717) is 18.9 Å². The maximum Gasteiger partial charge on any atom is 0.335 e. The molecule has 1 aliphatic carbocycles. The smallest absolute Gasteiger partial charge is 0.335 e. The van der Waals surface area contributed by atoms with Gasteiger partial charge >= 0.3 is 5.97 Å². The van der Waals surface area contributed by atoms with Crippen molar-refractivity contribution < 1.29 is 14.3 Å². The fourth-order valence-electron chi connectivity index (χ4n) is 1.81. The Balaban J connectivity index is 1.71. The quantitative estimate of drug-likeness (QED) is 0.631. The van der Waals surface area contributed by atoms with Gasteiger partial charge in [-0.2, -0.15) is 0 Å². The summed E-state index contributed by atoms with van der Waals surface area (Å²) in [5.41, 5.74) is 5.48. The maximum absolute atomic E-state index is 11.0. The number of rotatable bonds is 3. The molecule has 0 spiro atoms. The molecule has 13 heavy (non-hydrogen) atoms. The molecule has 0 aromatic carbocycles. The Labute approximate surface area is 77.4 Å². The summed E-state index contributed by atoms with van der Waals surface area (Å²) in [5, 5.41) is 0. The van der Waals surface area contributed by atoms with E-state index in [1.54, 1.807) is 0 Å². The van der Waals surface area contributed by atoms with Crippen LogP contribution >= 0.6 is 0 Å². The first-order valence-corrected chi connectivity index (χ1v) is 4.81. The number of cyclic esters (lactones) is 1. The number of nitrogens with two attached hydrogens (primary N) is 1. The van der Waals surface area contributed by atoms with Gasteiger partial charge in [0.25, 0.3) is 0 Å². The van der Waals surface area contributed by atoms with Crippen molar-refractivity contribution in [2.75, 3.05) is 13.2 Å². The van der Waals surface area contributed by atoms with Crippen molar-refractivity contribution in [2.24, 2.45) is 11.7 Å². The zero-order chi connectivity index (χ0) is 9.26. The van der Waals surface area contributed by atoms with E-state index >= 15 is 0 Å². The summed E-state index contributed by atoms with van der Waals surface area (Å²) in [6.45, 7) is 1.24. The third-order valence-electron chi connectivity index (χ3n) is 2.77. The largest absolute Gasteiger partial charge is 0.464 e. The van der Waals surface area contributed by atoms with Gasteiger partial charge in [0.15, 0.2) is 6.10 Å². The molecule has 1 aliphatic heterocycles. The molecule has 0 radical (unpaired) electrons. The van der Waals surface area contributed by atoms with E-state index in [1.165, 1.54) is 0 Å². The van der Waals surface area contributed by atoms with E-state index in [-0.39, 0.29) is 18.2 Å². The molecule has 74 valence electrons. The fourth-order valence-corrected chi connectivity index (χ4v) is 1.81. The van der Waals surface area contributed by atoms with Gasteiger partial charge in [-0.15, -0.1) is 0 Å². The van der Waals surface area contributed by atoms with Crippen molar-refractivity contribution >= 4 is 5.97 Å². The van der Waals surface area contributed by atoms with Gasteiger partial charge in [0.1, 0.15) is 0 Å². The lowest BCUT2D eigenvalue weighted by atomic mass is 9.82. The Morgan fingerprint density at radius 1 is 1.54 bits per heavy atom. The highest BCUT2D eigenvalue weighted by atomic mass is 16.6. The van der Waals surface area contributed by atoms with Gasteiger partial charge in [-0.3, -0.25) is 0 Å². The first-order valence-electron chi connectivity index (χ1n) is 4.81. The topological polar surface area (TPSA) is 61.6 Å². The summed E-state index contributed by atoms with van der Waals surface area (Å²) < 4.78 is 10.4. The standard InChI is InChI=1S/C9H15NO3/c10-5-6-3-7(4-6)13-8-1-2-12-9(8)11/h6-8H,1-5,10H2. The predicted molar refractivity (Wildman–Crippen MR) is 46.0 cm³/mol. The third-order valence-corrected chi connectivity index (χ3v) is 2.77. The van der Waals surface area contributed by atoms with Crippen molar-refractivity contribution in [3.8, 4) is 0 Å². The van der Waals surface area contributed by atoms with Crippen molar-refractivity contribution in [2.45, 2.75) is 31.5 Å². The third kappa shape index (κ3) is 1.84. The predicted octanol–water partition coefficient (Wildman–Crippen LogP) is 0.0558. The van der Waals surface area contributed by atoms with Crippen LogP contribution in [0.1, 0.15) is 19.3 Å². The zero-order valence-corrected chi connectivity index (χ0v) is 7.57. The van der Waals surface area contributed by atoms with Gasteiger partial charge in [0.2, 0.25) is 0 Å². The van der Waals surface area contributed by atoms with Gasteiger partial charge in [0, 0.05) is 6.42 Å². The Kier molecular flexibility index (Phi) is 2.51. The molecule has 1 unspecified atom stereocenters. The Bertz CT molecular complexity index is 201. The zero-order valence-electron chi connectivity index (χ0n) is 7.57. The van der Waals surface area contributed by atoms with Crippen LogP contribution in [0.15, 0.2) is 0 Å². The molecule has 1 atom stereocenters. The molecular weight excluding hydrogens is 170 g/mol. The molecule has 4 heteroatoms. The highest BCUT2D eigenvalue weighted by Gasteiger charge is 2.35. The van der Waals surface area contributed by atoms with Crippen molar-refractivity contribution in [1.82, 2.24) is 0 Å². The lowest BCUT2D eigenvalue weighted by Crippen LogP contribution is -2.39. The number of hydrogen-bond acceptors (Lipinski definition) is 4. The van der Waals surface area contributed by atoms with Crippen LogP contribution in [0.4, 0.5) is 0 Å². The summed E-state index contributed by atoms with van der Waals surface area (Å²) in [6.07, 6.45) is 2.65. The maximum atomic E-state index is 11.0.